The first-order chi connectivity index (χ1) is 10.1. The van der Waals surface area contributed by atoms with Crippen LogP contribution in [0.2, 0.25) is 0 Å². The van der Waals surface area contributed by atoms with Crippen molar-refractivity contribution in [2.24, 2.45) is 5.73 Å². The minimum absolute atomic E-state index is 0.0261. The number of amides is 1. The highest BCUT2D eigenvalue weighted by Crippen LogP contribution is 2.15. The van der Waals surface area contributed by atoms with Crippen molar-refractivity contribution in [1.82, 2.24) is 9.80 Å². The molecule has 0 radical (unpaired) electrons. The number of nitrogens with zero attached hydrogens (tertiary/aromatic N) is 2. The second-order valence-corrected chi connectivity index (χ2v) is 5.70. The Morgan fingerprint density at radius 3 is 2.76 bits per heavy atom. The van der Waals surface area contributed by atoms with E-state index in [0.717, 1.165) is 31.5 Å². The largest absolute Gasteiger partial charge is 0.484 e. The standard InChI is InChI=1S/C16H25N3O2/c1-18-9-3-4-14(11-18)19(2)16(20)12-21-15-7-5-13(10-17)6-8-15/h5-8,14H,3-4,9-12,17H2,1-2H3. The van der Waals surface area contributed by atoms with Gasteiger partial charge in [0.25, 0.3) is 5.91 Å². The average Bonchev–Trinajstić information content (AvgIpc) is 2.52. The van der Waals surface area contributed by atoms with Gasteiger partial charge in [-0.3, -0.25) is 4.79 Å². The minimum atomic E-state index is 0.0261. The first-order valence-electron chi connectivity index (χ1n) is 7.46. The molecule has 1 saturated heterocycles. The molecule has 21 heavy (non-hydrogen) atoms. The molecule has 1 fully saturated rings. The van der Waals surface area contributed by atoms with E-state index < -0.39 is 0 Å². The highest BCUT2D eigenvalue weighted by atomic mass is 16.5. The van der Waals surface area contributed by atoms with Crippen LogP contribution in [-0.2, 0) is 11.3 Å². The number of rotatable bonds is 5. The molecule has 5 nitrogen and oxygen atoms in total. The number of likely N-dealkylation sites (N-methyl/N-ethyl adjacent to an activating group) is 2. The molecule has 1 amide bonds. The molecular formula is C16H25N3O2. The van der Waals surface area contributed by atoms with Crippen LogP contribution in [0.4, 0.5) is 0 Å². The number of hydrogen-bond acceptors (Lipinski definition) is 4. The molecule has 1 aromatic carbocycles. The highest BCUT2D eigenvalue weighted by Gasteiger charge is 2.24. The van der Waals surface area contributed by atoms with Crippen LogP contribution in [0.1, 0.15) is 18.4 Å². The smallest absolute Gasteiger partial charge is 0.260 e. The van der Waals surface area contributed by atoms with Crippen molar-refractivity contribution in [2.45, 2.75) is 25.4 Å². The predicted octanol–water partition coefficient (Wildman–Crippen LogP) is 1.08. The van der Waals surface area contributed by atoms with Gasteiger partial charge in [0, 0.05) is 26.2 Å². The Morgan fingerprint density at radius 2 is 2.14 bits per heavy atom. The highest BCUT2D eigenvalue weighted by molar-refractivity contribution is 5.77. The van der Waals surface area contributed by atoms with E-state index in [-0.39, 0.29) is 12.5 Å². The number of carbonyl (C=O) groups is 1. The van der Waals surface area contributed by atoms with Gasteiger partial charge in [-0.1, -0.05) is 12.1 Å². The van der Waals surface area contributed by atoms with Crippen LogP contribution in [0, 0.1) is 0 Å². The van der Waals surface area contributed by atoms with Gasteiger partial charge in [-0.05, 0) is 44.1 Å². The van der Waals surface area contributed by atoms with Crippen LogP contribution in [0.5, 0.6) is 5.75 Å². The lowest BCUT2D eigenvalue weighted by atomic mass is 10.1. The maximum absolute atomic E-state index is 12.2. The Bertz CT molecular complexity index is 461. The van der Waals surface area contributed by atoms with Gasteiger partial charge < -0.3 is 20.3 Å². The normalized spacial score (nSPS) is 19.3. The Morgan fingerprint density at radius 1 is 1.43 bits per heavy atom. The molecule has 0 saturated carbocycles. The molecule has 0 spiro atoms. The van der Waals surface area contributed by atoms with E-state index in [1.165, 1.54) is 0 Å². The van der Waals surface area contributed by atoms with Gasteiger partial charge in [0.15, 0.2) is 6.61 Å². The summed E-state index contributed by atoms with van der Waals surface area (Å²) in [5.41, 5.74) is 6.60. The monoisotopic (exact) mass is 291 g/mol. The van der Waals surface area contributed by atoms with E-state index in [4.69, 9.17) is 10.5 Å². The first kappa shape index (κ1) is 15.8. The summed E-state index contributed by atoms with van der Waals surface area (Å²) in [6.07, 6.45) is 2.21. The maximum atomic E-state index is 12.2. The van der Waals surface area contributed by atoms with Gasteiger partial charge in [-0.15, -0.1) is 0 Å². The van der Waals surface area contributed by atoms with Gasteiger partial charge in [0.05, 0.1) is 0 Å². The fourth-order valence-electron chi connectivity index (χ4n) is 2.63. The lowest BCUT2D eigenvalue weighted by molar-refractivity contribution is -0.135. The number of likely N-dealkylation sites (tertiary alicyclic amines) is 1. The van der Waals surface area contributed by atoms with Gasteiger partial charge >= 0.3 is 0 Å². The van der Waals surface area contributed by atoms with Crippen molar-refractivity contribution < 1.29 is 9.53 Å². The van der Waals surface area contributed by atoms with E-state index in [1.54, 1.807) is 0 Å². The van der Waals surface area contributed by atoms with Crippen LogP contribution in [0.3, 0.4) is 0 Å². The second-order valence-electron chi connectivity index (χ2n) is 5.70. The maximum Gasteiger partial charge on any atom is 0.260 e. The molecule has 1 heterocycles. The van der Waals surface area contributed by atoms with Gasteiger partial charge in [-0.2, -0.15) is 0 Å². The molecule has 1 aromatic rings. The van der Waals surface area contributed by atoms with Crippen molar-refractivity contribution in [2.75, 3.05) is 33.8 Å². The predicted molar refractivity (Wildman–Crippen MR) is 83.1 cm³/mol. The van der Waals surface area contributed by atoms with E-state index in [2.05, 4.69) is 11.9 Å². The summed E-state index contributed by atoms with van der Waals surface area (Å²) >= 11 is 0. The number of ether oxygens (including phenoxy) is 1. The zero-order valence-corrected chi connectivity index (χ0v) is 12.9. The zero-order chi connectivity index (χ0) is 15.2. The Hall–Kier alpha value is -1.59. The molecule has 1 unspecified atom stereocenters. The zero-order valence-electron chi connectivity index (χ0n) is 12.9. The second kappa shape index (κ2) is 7.43. The molecule has 1 aliphatic heterocycles. The van der Waals surface area contributed by atoms with Crippen LogP contribution in [0.15, 0.2) is 24.3 Å². The summed E-state index contributed by atoms with van der Waals surface area (Å²) < 4.78 is 5.56. The molecule has 1 atom stereocenters. The quantitative estimate of drug-likeness (QED) is 0.882. The molecule has 0 aliphatic carbocycles. The third-order valence-corrected chi connectivity index (χ3v) is 4.06. The summed E-state index contributed by atoms with van der Waals surface area (Å²) in [5, 5.41) is 0. The fraction of sp³-hybridized carbons (Fsp3) is 0.562. The number of piperidine rings is 1. The molecule has 2 rings (SSSR count). The van der Waals surface area contributed by atoms with Crippen molar-refractivity contribution in [3.05, 3.63) is 29.8 Å². The number of carbonyl (C=O) groups excluding carboxylic acids is 1. The van der Waals surface area contributed by atoms with Crippen LogP contribution >= 0.6 is 0 Å². The number of benzene rings is 1. The summed E-state index contributed by atoms with van der Waals surface area (Å²) in [7, 11) is 3.97. The lowest BCUT2D eigenvalue weighted by Gasteiger charge is -2.35. The van der Waals surface area contributed by atoms with E-state index in [1.807, 2.05) is 36.2 Å². The van der Waals surface area contributed by atoms with E-state index in [0.29, 0.717) is 18.3 Å². The molecule has 116 valence electrons. The first-order valence-corrected chi connectivity index (χ1v) is 7.46. The Balaban J connectivity index is 1.82. The third-order valence-electron chi connectivity index (χ3n) is 4.06. The van der Waals surface area contributed by atoms with Crippen LogP contribution in [0.25, 0.3) is 0 Å². The molecular weight excluding hydrogens is 266 g/mol. The summed E-state index contributed by atoms with van der Waals surface area (Å²) in [4.78, 5) is 16.3. The average molecular weight is 291 g/mol. The summed E-state index contributed by atoms with van der Waals surface area (Å²) in [5.74, 6) is 0.730. The Kier molecular flexibility index (Phi) is 5.59. The van der Waals surface area contributed by atoms with Crippen molar-refractivity contribution in [1.29, 1.82) is 0 Å². The molecule has 2 N–H and O–H groups in total. The molecule has 0 bridgehead atoms. The topological polar surface area (TPSA) is 58.8 Å². The van der Waals surface area contributed by atoms with Crippen LogP contribution < -0.4 is 10.5 Å². The SMILES string of the molecule is CN1CCCC(N(C)C(=O)COc2ccc(CN)cc2)C1. The molecule has 0 aromatic heterocycles. The van der Waals surface area contributed by atoms with Gasteiger partial charge in [-0.25, -0.2) is 0 Å². The van der Waals surface area contributed by atoms with E-state index >= 15 is 0 Å². The molecule has 5 heteroatoms. The van der Waals surface area contributed by atoms with Gasteiger partial charge in [0.2, 0.25) is 0 Å². The summed E-state index contributed by atoms with van der Waals surface area (Å²) in [6, 6.07) is 7.83. The van der Waals surface area contributed by atoms with Gasteiger partial charge in [0.1, 0.15) is 5.75 Å². The third kappa shape index (κ3) is 4.44. The lowest BCUT2D eigenvalue weighted by Crippen LogP contribution is -2.48. The fourth-order valence-corrected chi connectivity index (χ4v) is 2.63. The van der Waals surface area contributed by atoms with Crippen LogP contribution in [-0.4, -0.2) is 55.5 Å². The van der Waals surface area contributed by atoms with E-state index in [9.17, 15) is 4.79 Å². The van der Waals surface area contributed by atoms with Crippen molar-refractivity contribution in [3.63, 3.8) is 0 Å². The van der Waals surface area contributed by atoms with Crippen molar-refractivity contribution in [3.8, 4) is 5.75 Å². The minimum Gasteiger partial charge on any atom is -0.484 e. The summed E-state index contributed by atoms with van der Waals surface area (Å²) in [6.45, 7) is 2.64. The number of hydrogen-bond donors (Lipinski definition) is 1. The van der Waals surface area contributed by atoms with Crippen molar-refractivity contribution >= 4 is 5.91 Å². The molecule has 1 aliphatic rings. The Labute approximate surface area is 126 Å². The number of nitrogens with two attached hydrogens (primary N) is 1.